The van der Waals surface area contributed by atoms with Gasteiger partial charge in [-0.2, -0.15) is 0 Å². The van der Waals surface area contributed by atoms with E-state index in [-0.39, 0.29) is 23.1 Å². The minimum atomic E-state index is -3.24. The first-order valence-electron chi connectivity index (χ1n) is 13.2. The fourth-order valence-electron chi connectivity index (χ4n) is 5.34. The van der Waals surface area contributed by atoms with Crippen LogP contribution in [-0.2, 0) is 28.3 Å². The number of hydrogen-bond acceptors (Lipinski definition) is 6. The summed E-state index contributed by atoms with van der Waals surface area (Å²) < 4.78 is 24.1. The Morgan fingerprint density at radius 2 is 1.82 bits per heavy atom. The van der Waals surface area contributed by atoms with Crippen LogP contribution in [0.25, 0.3) is 0 Å². The van der Waals surface area contributed by atoms with E-state index in [1.165, 1.54) is 11.1 Å². The van der Waals surface area contributed by atoms with E-state index in [0.29, 0.717) is 22.9 Å². The van der Waals surface area contributed by atoms with Gasteiger partial charge in [0, 0.05) is 49.0 Å². The van der Waals surface area contributed by atoms with Crippen LogP contribution in [0.3, 0.4) is 0 Å². The van der Waals surface area contributed by atoms with Crippen LogP contribution in [0.5, 0.6) is 0 Å². The zero-order valence-electron chi connectivity index (χ0n) is 23.2. The molecule has 0 aliphatic carbocycles. The number of aromatic nitrogens is 2. The lowest BCUT2D eigenvalue weighted by atomic mass is 9.73. The summed E-state index contributed by atoms with van der Waals surface area (Å²) in [5.74, 6) is 0.294. The Morgan fingerprint density at radius 1 is 1.11 bits per heavy atom. The molecule has 4 rings (SSSR count). The van der Waals surface area contributed by atoms with Crippen molar-refractivity contribution < 1.29 is 13.2 Å². The number of amides is 1. The minimum absolute atomic E-state index is 0.0627. The maximum atomic E-state index is 13.1. The molecule has 1 unspecified atom stereocenters. The molecule has 0 saturated heterocycles. The van der Waals surface area contributed by atoms with Crippen molar-refractivity contribution >= 4 is 15.7 Å². The molecule has 0 spiro atoms. The third kappa shape index (κ3) is 5.97. The monoisotopic (exact) mass is 534 g/mol. The molecule has 2 aromatic carbocycles. The van der Waals surface area contributed by atoms with Crippen molar-refractivity contribution in [3.8, 4) is 0 Å². The van der Waals surface area contributed by atoms with Crippen molar-refractivity contribution in [3.63, 3.8) is 0 Å². The molecule has 0 bridgehead atoms. The molecule has 3 aromatic rings. The SMILES string of the molecule is CCS(=O)(=O)c1ccc(CNC(=O)c2ccc3c(c2)C(C)(C)CN(Cc2cnc(C)cn2)C3C(C)C)cc1. The highest BCUT2D eigenvalue weighted by Crippen LogP contribution is 2.43. The van der Waals surface area contributed by atoms with Gasteiger partial charge in [-0.25, -0.2) is 8.42 Å². The standard InChI is InChI=1S/C30H38N4O3S/c1-7-38(36,37)25-11-8-22(9-12-25)16-33-29(35)23-10-13-26-27(14-23)30(5,6)19-34(28(26)20(2)3)18-24-17-31-21(4)15-32-24/h8-15,17,20,28H,7,16,18-19H2,1-6H3,(H,33,35). The van der Waals surface area contributed by atoms with Crippen LogP contribution in [0.15, 0.2) is 59.8 Å². The van der Waals surface area contributed by atoms with E-state index in [1.807, 2.05) is 31.5 Å². The van der Waals surface area contributed by atoms with Crippen molar-refractivity contribution in [2.24, 2.45) is 5.92 Å². The van der Waals surface area contributed by atoms with Crippen molar-refractivity contribution in [3.05, 3.63) is 88.5 Å². The second-order valence-corrected chi connectivity index (χ2v) is 13.4. The lowest BCUT2D eigenvalue weighted by molar-refractivity contribution is 0.0941. The molecule has 8 heteroatoms. The normalized spacial score (nSPS) is 17.3. The number of carbonyl (C=O) groups excluding carboxylic acids is 1. The largest absolute Gasteiger partial charge is 0.348 e. The maximum absolute atomic E-state index is 13.1. The second-order valence-electron chi connectivity index (χ2n) is 11.2. The molecule has 202 valence electrons. The molecule has 0 fully saturated rings. The van der Waals surface area contributed by atoms with E-state index in [1.54, 1.807) is 31.2 Å². The molecule has 1 atom stereocenters. The molecule has 0 radical (unpaired) electrons. The number of nitrogens with one attached hydrogen (secondary N) is 1. The van der Waals surface area contributed by atoms with Gasteiger partial charge in [-0.15, -0.1) is 0 Å². The lowest BCUT2D eigenvalue weighted by Crippen LogP contribution is -2.46. The first-order valence-corrected chi connectivity index (χ1v) is 14.8. The number of carbonyl (C=O) groups is 1. The Morgan fingerprint density at radius 3 is 2.42 bits per heavy atom. The number of benzene rings is 2. The van der Waals surface area contributed by atoms with Crippen LogP contribution >= 0.6 is 0 Å². The van der Waals surface area contributed by atoms with Crippen LogP contribution in [-0.4, -0.2) is 41.5 Å². The van der Waals surface area contributed by atoms with Crippen molar-refractivity contribution in [2.45, 2.75) is 71.0 Å². The van der Waals surface area contributed by atoms with Crippen LogP contribution in [0.4, 0.5) is 0 Å². The van der Waals surface area contributed by atoms with Crippen molar-refractivity contribution in [1.82, 2.24) is 20.2 Å². The Bertz CT molecular complexity index is 1400. The number of rotatable bonds is 8. The van der Waals surface area contributed by atoms with Gasteiger partial charge in [-0.05, 0) is 53.8 Å². The minimum Gasteiger partial charge on any atom is -0.348 e. The van der Waals surface area contributed by atoms with Gasteiger partial charge in [0.2, 0.25) is 0 Å². The van der Waals surface area contributed by atoms with Crippen LogP contribution < -0.4 is 5.32 Å². The van der Waals surface area contributed by atoms with E-state index < -0.39 is 9.84 Å². The summed E-state index contributed by atoms with van der Waals surface area (Å²) in [5.41, 5.74) is 5.63. The Balaban J connectivity index is 1.53. The predicted molar refractivity (Wildman–Crippen MR) is 150 cm³/mol. The smallest absolute Gasteiger partial charge is 0.251 e. The molecule has 1 amide bonds. The van der Waals surface area contributed by atoms with Gasteiger partial charge in [-0.1, -0.05) is 52.8 Å². The number of hydrogen-bond donors (Lipinski definition) is 1. The van der Waals surface area contributed by atoms with Gasteiger partial charge in [0.15, 0.2) is 9.84 Å². The van der Waals surface area contributed by atoms with E-state index >= 15 is 0 Å². The Labute approximate surface area is 226 Å². The second kappa shape index (κ2) is 10.9. The average Bonchev–Trinajstić information content (AvgIpc) is 2.88. The zero-order chi connectivity index (χ0) is 27.7. The third-order valence-corrected chi connectivity index (χ3v) is 9.05. The Kier molecular flexibility index (Phi) is 8.04. The van der Waals surface area contributed by atoms with Gasteiger partial charge in [-0.3, -0.25) is 19.7 Å². The highest BCUT2D eigenvalue weighted by molar-refractivity contribution is 7.91. The molecule has 2 heterocycles. The summed E-state index contributed by atoms with van der Waals surface area (Å²) >= 11 is 0. The number of nitrogens with zero attached hydrogens (tertiary/aromatic N) is 3. The first-order chi connectivity index (χ1) is 17.9. The van der Waals surface area contributed by atoms with E-state index in [9.17, 15) is 13.2 Å². The van der Waals surface area contributed by atoms with Gasteiger partial charge in [0.1, 0.15) is 0 Å². The molecule has 1 aliphatic heterocycles. The topological polar surface area (TPSA) is 92.3 Å². The fourth-order valence-corrected chi connectivity index (χ4v) is 6.22. The summed E-state index contributed by atoms with van der Waals surface area (Å²) in [5, 5.41) is 2.99. The molecule has 1 aliphatic rings. The van der Waals surface area contributed by atoms with Crippen LogP contribution in [0, 0.1) is 12.8 Å². The molecule has 0 saturated carbocycles. The van der Waals surface area contributed by atoms with Crippen molar-refractivity contribution in [1.29, 1.82) is 0 Å². The van der Waals surface area contributed by atoms with E-state index in [0.717, 1.165) is 30.0 Å². The average molecular weight is 535 g/mol. The Hall–Kier alpha value is -3.10. The molecule has 1 N–H and O–H groups in total. The summed E-state index contributed by atoms with van der Waals surface area (Å²) in [6, 6.07) is 13.0. The fraction of sp³-hybridized carbons (Fsp3) is 0.433. The predicted octanol–water partition coefficient (Wildman–Crippen LogP) is 5.00. The summed E-state index contributed by atoms with van der Waals surface area (Å²) in [6.45, 7) is 14.4. The zero-order valence-corrected chi connectivity index (χ0v) is 24.0. The first kappa shape index (κ1) is 27.9. The lowest BCUT2D eigenvalue weighted by Gasteiger charge is -2.47. The van der Waals surface area contributed by atoms with Gasteiger partial charge < -0.3 is 5.32 Å². The molecule has 38 heavy (non-hydrogen) atoms. The molecular formula is C30H38N4O3S. The van der Waals surface area contributed by atoms with Gasteiger partial charge >= 0.3 is 0 Å². The number of aryl methyl sites for hydroxylation is 1. The summed E-state index contributed by atoms with van der Waals surface area (Å²) in [7, 11) is -3.24. The van der Waals surface area contributed by atoms with Crippen LogP contribution in [0.2, 0.25) is 0 Å². The van der Waals surface area contributed by atoms with Gasteiger partial charge in [0.25, 0.3) is 5.91 Å². The van der Waals surface area contributed by atoms with Crippen LogP contribution in [0.1, 0.15) is 79.1 Å². The molecule has 1 aromatic heterocycles. The van der Waals surface area contributed by atoms with E-state index in [4.69, 9.17) is 0 Å². The number of sulfone groups is 1. The number of fused-ring (bicyclic) bond motifs is 1. The molecule has 7 nitrogen and oxygen atoms in total. The molecular weight excluding hydrogens is 496 g/mol. The quantitative estimate of drug-likeness (QED) is 0.437. The highest BCUT2D eigenvalue weighted by Gasteiger charge is 2.39. The highest BCUT2D eigenvalue weighted by atomic mass is 32.2. The summed E-state index contributed by atoms with van der Waals surface area (Å²) in [6.07, 6.45) is 3.67. The summed E-state index contributed by atoms with van der Waals surface area (Å²) in [4.78, 5) is 24.9. The maximum Gasteiger partial charge on any atom is 0.251 e. The third-order valence-electron chi connectivity index (χ3n) is 7.30. The van der Waals surface area contributed by atoms with Crippen molar-refractivity contribution in [2.75, 3.05) is 12.3 Å². The van der Waals surface area contributed by atoms with Gasteiger partial charge in [0.05, 0.1) is 22.0 Å². The van der Waals surface area contributed by atoms with E-state index in [2.05, 4.69) is 53.9 Å².